The molecule has 0 amide bonds. The molecule has 4 nitrogen and oxygen atoms in total. The number of hydrogen-bond acceptors (Lipinski definition) is 2. The normalized spacial score (nSPS) is 11.5. The maximum Gasteiger partial charge on any atom is 0.416 e. The molecule has 0 heterocycles. The number of benzene rings is 2. The number of aryl methyl sites for hydroxylation is 2. The molecule has 28 heavy (non-hydrogen) atoms. The van der Waals surface area contributed by atoms with Gasteiger partial charge in [0.05, 0.1) is 5.56 Å². The first-order valence-electron chi connectivity index (χ1n) is 8.94. The van der Waals surface area contributed by atoms with Crippen LogP contribution in [0.5, 0.6) is 0 Å². The smallest absolute Gasteiger partial charge is 0.305 e. The predicted molar refractivity (Wildman–Crippen MR) is 107 cm³/mol. The zero-order chi connectivity index (χ0) is 21.2. The first-order valence-corrected chi connectivity index (χ1v) is 8.94. The van der Waals surface area contributed by atoms with Crippen molar-refractivity contribution in [1.82, 2.24) is 0 Å². The largest absolute Gasteiger partial charge is 0.416 e. The van der Waals surface area contributed by atoms with Crippen molar-refractivity contribution in [2.24, 2.45) is 16.2 Å². The van der Waals surface area contributed by atoms with Crippen LogP contribution in [0.4, 0.5) is 13.2 Å². The van der Waals surface area contributed by atoms with Gasteiger partial charge >= 0.3 is 6.18 Å². The van der Waals surface area contributed by atoms with Crippen molar-refractivity contribution >= 4 is 11.9 Å². The third-order valence-electron chi connectivity index (χ3n) is 3.86. The topological polar surface area (TPSA) is 74.6 Å². The summed E-state index contributed by atoms with van der Waals surface area (Å²) in [5.74, 6) is 4.92. The summed E-state index contributed by atoms with van der Waals surface area (Å²) in [5, 5.41) is 14.3. The van der Waals surface area contributed by atoms with E-state index >= 15 is 0 Å². The van der Waals surface area contributed by atoms with Gasteiger partial charge in [0.2, 0.25) is 0 Å². The van der Waals surface area contributed by atoms with Gasteiger partial charge in [0, 0.05) is 5.56 Å². The molecule has 0 saturated heterocycles. The first kappa shape index (κ1) is 23.1. The van der Waals surface area contributed by atoms with Crippen molar-refractivity contribution in [3.63, 3.8) is 0 Å². The number of nitrogens with one attached hydrogen (secondary N) is 1. The van der Waals surface area contributed by atoms with Crippen molar-refractivity contribution in [1.29, 1.82) is 5.41 Å². The van der Waals surface area contributed by atoms with E-state index in [4.69, 9.17) is 11.3 Å². The Bertz CT molecular complexity index is 840. The van der Waals surface area contributed by atoms with Gasteiger partial charge in [-0.1, -0.05) is 61.6 Å². The molecule has 2 aromatic rings. The van der Waals surface area contributed by atoms with Crippen molar-refractivity contribution < 1.29 is 13.2 Å². The van der Waals surface area contributed by atoms with E-state index in [9.17, 15) is 13.2 Å². The molecule has 3 N–H and O–H groups in total. The van der Waals surface area contributed by atoms with Crippen molar-refractivity contribution in [2.45, 2.75) is 39.8 Å². The molecule has 0 aliphatic heterocycles. The molecule has 150 valence electrons. The minimum atomic E-state index is -4.32. The van der Waals surface area contributed by atoms with Gasteiger partial charge in [0.15, 0.2) is 5.84 Å². The number of nitrogens with two attached hydrogens (primary N) is 1. The van der Waals surface area contributed by atoms with Crippen LogP contribution in [-0.2, 0) is 12.6 Å². The Kier molecular flexibility index (Phi) is 9.08. The van der Waals surface area contributed by atoms with Crippen LogP contribution >= 0.6 is 0 Å². The third-order valence-corrected chi connectivity index (χ3v) is 3.86. The molecule has 0 bridgehead atoms. The summed E-state index contributed by atoms with van der Waals surface area (Å²) >= 11 is 0. The summed E-state index contributed by atoms with van der Waals surface area (Å²) in [6, 6.07) is 10.8. The highest BCUT2D eigenvalue weighted by molar-refractivity contribution is 5.97. The van der Waals surface area contributed by atoms with Gasteiger partial charge in [-0.15, -0.1) is 5.11 Å². The second-order valence-corrected chi connectivity index (χ2v) is 5.77. The molecule has 7 heteroatoms. The Morgan fingerprint density at radius 3 is 2.50 bits per heavy atom. The lowest BCUT2D eigenvalue weighted by atomic mass is 10.0. The minimum absolute atomic E-state index is 0.0360. The van der Waals surface area contributed by atoms with E-state index in [1.165, 1.54) is 12.1 Å². The maximum atomic E-state index is 12.7. The van der Waals surface area contributed by atoms with Gasteiger partial charge in [-0.2, -0.15) is 13.2 Å². The number of nitrogens with zero attached hydrogens (tertiary/aromatic N) is 2. The van der Waals surface area contributed by atoms with Crippen LogP contribution in [-0.4, -0.2) is 5.84 Å². The van der Waals surface area contributed by atoms with Crippen molar-refractivity contribution in [3.05, 3.63) is 76.4 Å². The Labute approximate surface area is 163 Å². The lowest BCUT2D eigenvalue weighted by Gasteiger charge is -2.08. The summed E-state index contributed by atoms with van der Waals surface area (Å²) < 4.78 is 38.2. The molecule has 0 saturated carbocycles. The van der Waals surface area contributed by atoms with Gasteiger partial charge in [-0.25, -0.2) is 0 Å². The highest BCUT2D eigenvalue weighted by Crippen LogP contribution is 2.29. The number of hydrogen-bond donors (Lipinski definition) is 2. The first-order chi connectivity index (χ1) is 13.3. The SMILES string of the molecule is CC.Cc1ccc(C(=N)N=NN)cc1/C=C\CCc1cccc(C(F)(F)F)c1. The lowest BCUT2D eigenvalue weighted by molar-refractivity contribution is -0.137. The second-order valence-electron chi connectivity index (χ2n) is 5.77. The number of halogens is 3. The summed E-state index contributed by atoms with van der Waals surface area (Å²) in [6.07, 6.45) is 0.579. The van der Waals surface area contributed by atoms with E-state index < -0.39 is 11.7 Å². The monoisotopic (exact) mass is 390 g/mol. The maximum absolute atomic E-state index is 12.7. The summed E-state index contributed by atoms with van der Waals surface area (Å²) in [5.41, 5.74) is 2.52. The Hall–Kier alpha value is -2.96. The van der Waals surface area contributed by atoms with Crippen molar-refractivity contribution in [2.75, 3.05) is 0 Å². The average molecular weight is 390 g/mol. The molecular formula is C21H25F3N4. The summed E-state index contributed by atoms with van der Waals surface area (Å²) in [7, 11) is 0. The summed E-state index contributed by atoms with van der Waals surface area (Å²) in [6.45, 7) is 5.93. The minimum Gasteiger partial charge on any atom is -0.305 e. The Balaban J connectivity index is 0.00000190. The van der Waals surface area contributed by atoms with Crippen molar-refractivity contribution in [3.8, 4) is 0 Å². The van der Waals surface area contributed by atoms with E-state index in [2.05, 4.69) is 10.3 Å². The standard InChI is InChI=1S/C19H19F3N4.C2H6/c1-13-9-10-16(18(23)25-26-24)12-15(13)7-3-2-5-14-6-4-8-17(11-14)19(20,21)22;1-2/h3-4,6-12H,2,5H2,1H3,(H3,23,24,25);1-2H3/b7-3-;. The van der Waals surface area contributed by atoms with E-state index in [0.29, 0.717) is 24.0 Å². The van der Waals surface area contributed by atoms with Crippen LogP contribution in [0.2, 0.25) is 0 Å². The van der Waals surface area contributed by atoms with Gasteiger partial charge in [-0.05, 0) is 48.6 Å². The predicted octanol–water partition coefficient (Wildman–Crippen LogP) is 6.34. The average Bonchev–Trinajstić information content (AvgIpc) is 2.68. The van der Waals surface area contributed by atoms with Crippen LogP contribution in [0, 0.1) is 12.3 Å². The highest BCUT2D eigenvalue weighted by Gasteiger charge is 2.30. The molecule has 0 aliphatic rings. The quantitative estimate of drug-likeness (QED) is 0.202. The van der Waals surface area contributed by atoms with Crippen LogP contribution in [0.25, 0.3) is 6.08 Å². The molecule has 0 aromatic heterocycles. The molecule has 0 atom stereocenters. The Morgan fingerprint density at radius 2 is 1.86 bits per heavy atom. The zero-order valence-corrected chi connectivity index (χ0v) is 16.2. The lowest BCUT2D eigenvalue weighted by Crippen LogP contribution is -2.05. The molecule has 2 rings (SSSR count). The van der Waals surface area contributed by atoms with Gasteiger partial charge in [-0.3, -0.25) is 5.41 Å². The Morgan fingerprint density at radius 1 is 1.14 bits per heavy atom. The second kappa shape index (κ2) is 11.0. The van der Waals surface area contributed by atoms with Crippen LogP contribution < -0.4 is 5.84 Å². The fraction of sp³-hybridized carbons (Fsp3) is 0.286. The fourth-order valence-electron chi connectivity index (χ4n) is 2.45. The molecule has 2 aromatic carbocycles. The fourth-order valence-corrected chi connectivity index (χ4v) is 2.45. The highest BCUT2D eigenvalue weighted by atomic mass is 19.4. The van der Waals surface area contributed by atoms with Gasteiger partial charge < -0.3 is 5.84 Å². The number of allylic oxidation sites excluding steroid dienone is 1. The molecule has 0 spiro atoms. The van der Waals surface area contributed by atoms with E-state index in [-0.39, 0.29) is 5.84 Å². The molecular weight excluding hydrogens is 365 g/mol. The number of rotatable bonds is 5. The number of alkyl halides is 3. The summed E-state index contributed by atoms with van der Waals surface area (Å²) in [4.78, 5) is 0. The molecule has 0 radical (unpaired) electrons. The molecule has 0 fully saturated rings. The van der Waals surface area contributed by atoms with Gasteiger partial charge in [0.25, 0.3) is 0 Å². The van der Waals surface area contributed by atoms with Crippen LogP contribution in [0.3, 0.4) is 0 Å². The van der Waals surface area contributed by atoms with E-state index in [1.54, 1.807) is 18.2 Å². The van der Waals surface area contributed by atoms with Crippen LogP contribution in [0.1, 0.15) is 48.1 Å². The van der Waals surface area contributed by atoms with E-state index in [1.807, 2.05) is 39.0 Å². The molecule has 0 aliphatic carbocycles. The molecule has 0 unspecified atom stereocenters. The van der Waals surface area contributed by atoms with Crippen LogP contribution in [0.15, 0.2) is 58.9 Å². The van der Waals surface area contributed by atoms with E-state index in [0.717, 1.165) is 17.2 Å². The third kappa shape index (κ3) is 6.98. The van der Waals surface area contributed by atoms with Gasteiger partial charge in [0.1, 0.15) is 0 Å². The number of amidine groups is 1. The zero-order valence-electron chi connectivity index (χ0n) is 16.2.